The highest BCUT2D eigenvalue weighted by atomic mass is 32.1. The SMILES string of the molecule is Cc1csc([C@@H](C#N)C(=O)COC(=O)c2ccc(-n3c(C)ccc3C)cc2)n1. The van der Waals surface area contributed by atoms with Gasteiger partial charge in [-0.2, -0.15) is 5.26 Å². The zero-order valence-corrected chi connectivity index (χ0v) is 16.6. The second-order valence-electron chi connectivity index (χ2n) is 6.43. The molecule has 0 aliphatic rings. The van der Waals surface area contributed by atoms with Crippen LogP contribution < -0.4 is 0 Å². The monoisotopic (exact) mass is 393 g/mol. The van der Waals surface area contributed by atoms with E-state index in [0.717, 1.165) is 22.8 Å². The summed E-state index contributed by atoms with van der Waals surface area (Å²) in [5, 5.41) is 11.5. The van der Waals surface area contributed by atoms with E-state index in [9.17, 15) is 14.9 Å². The van der Waals surface area contributed by atoms with Crippen LogP contribution >= 0.6 is 11.3 Å². The molecule has 2 heterocycles. The first-order valence-corrected chi connectivity index (χ1v) is 9.55. The Labute approximate surface area is 167 Å². The molecule has 142 valence electrons. The maximum absolute atomic E-state index is 12.3. The summed E-state index contributed by atoms with van der Waals surface area (Å²) in [5.41, 5.74) is 4.23. The smallest absolute Gasteiger partial charge is 0.338 e. The van der Waals surface area contributed by atoms with Gasteiger partial charge in [0.2, 0.25) is 0 Å². The number of esters is 1. The number of carbonyl (C=O) groups excluding carboxylic acids is 2. The Hall–Kier alpha value is -3.24. The molecule has 1 atom stereocenters. The van der Waals surface area contributed by atoms with Gasteiger partial charge in [0, 0.05) is 28.1 Å². The predicted octanol–water partition coefficient (Wildman–Crippen LogP) is 3.89. The molecule has 0 unspecified atom stereocenters. The van der Waals surface area contributed by atoms with Crippen LogP contribution in [0.15, 0.2) is 41.8 Å². The van der Waals surface area contributed by atoms with Crippen LogP contribution in [-0.4, -0.2) is 27.9 Å². The van der Waals surface area contributed by atoms with Crippen LogP contribution in [0.3, 0.4) is 0 Å². The maximum Gasteiger partial charge on any atom is 0.338 e. The van der Waals surface area contributed by atoms with Gasteiger partial charge in [-0.25, -0.2) is 9.78 Å². The summed E-state index contributed by atoms with van der Waals surface area (Å²) in [6.07, 6.45) is 0. The first-order valence-electron chi connectivity index (χ1n) is 8.67. The van der Waals surface area contributed by atoms with Crippen molar-refractivity contribution < 1.29 is 14.3 Å². The molecule has 0 saturated carbocycles. The van der Waals surface area contributed by atoms with Gasteiger partial charge in [-0.3, -0.25) is 4.79 Å². The van der Waals surface area contributed by atoms with Gasteiger partial charge in [-0.05, 0) is 57.2 Å². The molecule has 0 spiro atoms. The predicted molar refractivity (Wildman–Crippen MR) is 106 cm³/mol. The number of ketones is 1. The van der Waals surface area contributed by atoms with Crippen LogP contribution in [0, 0.1) is 32.1 Å². The van der Waals surface area contributed by atoms with E-state index >= 15 is 0 Å². The number of ether oxygens (including phenoxy) is 1. The number of hydrogen-bond acceptors (Lipinski definition) is 6. The number of benzene rings is 1. The summed E-state index contributed by atoms with van der Waals surface area (Å²) in [4.78, 5) is 28.7. The van der Waals surface area contributed by atoms with E-state index in [4.69, 9.17) is 4.74 Å². The second kappa shape index (κ2) is 8.19. The van der Waals surface area contributed by atoms with E-state index in [-0.39, 0.29) is 0 Å². The molecule has 6 nitrogen and oxygen atoms in total. The van der Waals surface area contributed by atoms with Crippen LogP contribution in [0.25, 0.3) is 5.69 Å². The molecule has 0 aliphatic carbocycles. The molecule has 0 bridgehead atoms. The van der Waals surface area contributed by atoms with E-state index in [1.54, 1.807) is 24.4 Å². The molecule has 7 heteroatoms. The Morgan fingerprint density at radius 3 is 2.32 bits per heavy atom. The minimum atomic E-state index is -1.02. The molecule has 0 aliphatic heterocycles. The Balaban J connectivity index is 1.65. The molecule has 0 amide bonds. The fraction of sp³-hybridized carbons (Fsp3) is 0.238. The van der Waals surface area contributed by atoms with Crippen molar-refractivity contribution in [3.8, 4) is 11.8 Å². The van der Waals surface area contributed by atoms with Crippen molar-refractivity contribution in [2.24, 2.45) is 0 Å². The molecule has 2 aromatic heterocycles. The summed E-state index contributed by atoms with van der Waals surface area (Å²) in [6, 6.07) is 13.0. The van der Waals surface area contributed by atoms with Gasteiger partial charge in [-0.15, -0.1) is 11.3 Å². The van der Waals surface area contributed by atoms with E-state index in [2.05, 4.69) is 9.55 Å². The number of thiazole rings is 1. The summed E-state index contributed by atoms with van der Waals surface area (Å²) in [7, 11) is 0. The van der Waals surface area contributed by atoms with Gasteiger partial charge in [0.05, 0.1) is 11.6 Å². The average molecular weight is 393 g/mol. The van der Waals surface area contributed by atoms with E-state index < -0.39 is 24.3 Å². The third-order valence-electron chi connectivity index (χ3n) is 4.31. The van der Waals surface area contributed by atoms with Gasteiger partial charge in [-0.1, -0.05) is 0 Å². The highest BCUT2D eigenvalue weighted by Gasteiger charge is 2.24. The van der Waals surface area contributed by atoms with Crippen molar-refractivity contribution in [3.05, 3.63) is 69.4 Å². The van der Waals surface area contributed by atoms with Crippen LogP contribution in [0.1, 0.15) is 38.4 Å². The molecule has 0 saturated heterocycles. The molecular weight excluding hydrogens is 374 g/mol. The number of aryl methyl sites for hydroxylation is 3. The molecule has 0 radical (unpaired) electrons. The molecule has 0 fully saturated rings. The summed E-state index contributed by atoms with van der Waals surface area (Å²) in [5.74, 6) is -2.11. The zero-order valence-electron chi connectivity index (χ0n) is 15.8. The highest BCUT2D eigenvalue weighted by molar-refractivity contribution is 7.09. The molecule has 0 N–H and O–H groups in total. The van der Waals surface area contributed by atoms with Crippen molar-refractivity contribution in [1.82, 2.24) is 9.55 Å². The van der Waals surface area contributed by atoms with Crippen molar-refractivity contribution >= 4 is 23.1 Å². The van der Waals surface area contributed by atoms with Gasteiger partial charge < -0.3 is 9.30 Å². The van der Waals surface area contributed by atoms with Crippen molar-refractivity contribution in [1.29, 1.82) is 5.26 Å². The summed E-state index contributed by atoms with van der Waals surface area (Å²) < 4.78 is 7.19. The molecule has 3 rings (SSSR count). The minimum Gasteiger partial charge on any atom is -0.454 e. The largest absolute Gasteiger partial charge is 0.454 e. The zero-order chi connectivity index (χ0) is 20.3. The van der Waals surface area contributed by atoms with Gasteiger partial charge in [0.15, 0.2) is 18.3 Å². The van der Waals surface area contributed by atoms with Crippen molar-refractivity contribution in [2.75, 3.05) is 6.61 Å². The quantitative estimate of drug-likeness (QED) is 0.593. The maximum atomic E-state index is 12.3. The van der Waals surface area contributed by atoms with Crippen LogP contribution in [0.4, 0.5) is 0 Å². The van der Waals surface area contributed by atoms with Crippen molar-refractivity contribution in [2.45, 2.75) is 26.7 Å². The topological polar surface area (TPSA) is 85.0 Å². The third-order valence-corrected chi connectivity index (χ3v) is 5.34. The Morgan fingerprint density at radius 1 is 1.14 bits per heavy atom. The Morgan fingerprint density at radius 2 is 1.79 bits per heavy atom. The Bertz CT molecular complexity index is 1040. The van der Waals surface area contributed by atoms with Gasteiger partial charge in [0.25, 0.3) is 0 Å². The van der Waals surface area contributed by atoms with E-state index in [0.29, 0.717) is 10.6 Å². The summed E-state index contributed by atoms with van der Waals surface area (Å²) >= 11 is 1.25. The second-order valence-corrected chi connectivity index (χ2v) is 7.32. The van der Waals surface area contributed by atoms with Crippen LogP contribution in [0.2, 0.25) is 0 Å². The normalized spacial score (nSPS) is 11.6. The lowest BCUT2D eigenvalue weighted by Gasteiger charge is -2.10. The number of aromatic nitrogens is 2. The van der Waals surface area contributed by atoms with E-state index in [1.807, 2.05) is 44.2 Å². The lowest BCUT2D eigenvalue weighted by molar-refractivity contribution is -0.122. The first-order chi connectivity index (χ1) is 13.4. The highest BCUT2D eigenvalue weighted by Crippen LogP contribution is 2.21. The van der Waals surface area contributed by atoms with Gasteiger partial charge >= 0.3 is 5.97 Å². The van der Waals surface area contributed by atoms with Crippen LogP contribution in [0.5, 0.6) is 0 Å². The fourth-order valence-corrected chi connectivity index (χ4v) is 3.76. The number of rotatable bonds is 6. The number of nitrogens with zero attached hydrogens (tertiary/aromatic N) is 3. The Kier molecular flexibility index (Phi) is 5.71. The summed E-state index contributed by atoms with van der Waals surface area (Å²) in [6.45, 7) is 5.35. The first kappa shape index (κ1) is 19.5. The molecular formula is C21H19N3O3S. The van der Waals surface area contributed by atoms with Gasteiger partial charge in [0.1, 0.15) is 5.01 Å². The molecule has 1 aromatic carbocycles. The number of nitriles is 1. The average Bonchev–Trinajstić information content (AvgIpc) is 3.25. The van der Waals surface area contributed by atoms with E-state index in [1.165, 1.54) is 11.3 Å². The third kappa shape index (κ3) is 4.02. The molecule has 3 aromatic rings. The number of hydrogen-bond donors (Lipinski definition) is 0. The lowest BCUT2D eigenvalue weighted by Crippen LogP contribution is -2.20. The lowest BCUT2D eigenvalue weighted by atomic mass is 10.1. The fourth-order valence-electron chi connectivity index (χ4n) is 2.90. The minimum absolute atomic E-state index is 0.345. The molecule has 28 heavy (non-hydrogen) atoms. The van der Waals surface area contributed by atoms with Crippen LogP contribution in [-0.2, 0) is 9.53 Å². The number of carbonyl (C=O) groups is 2. The standard InChI is InChI=1S/C21H19N3O3S/c1-13-12-28-20(23-13)18(10-22)19(25)11-27-21(26)16-6-8-17(9-7-16)24-14(2)4-5-15(24)3/h4-9,12,18H,11H2,1-3H3/t18-/m0/s1. The number of Topliss-reactive ketones (excluding diaryl/α,β-unsaturated/α-hetero) is 1. The van der Waals surface area contributed by atoms with Crippen molar-refractivity contribution in [3.63, 3.8) is 0 Å².